The fourth-order valence-electron chi connectivity index (χ4n) is 2.08. The van der Waals surface area contributed by atoms with Gasteiger partial charge in [-0.05, 0) is 24.3 Å². The summed E-state index contributed by atoms with van der Waals surface area (Å²) in [4.78, 5) is 4.55. The smallest absolute Gasteiger partial charge is 0.140 e. The molecule has 108 valence electrons. The van der Waals surface area contributed by atoms with Gasteiger partial charge < -0.3 is 11.1 Å². The van der Waals surface area contributed by atoms with Crippen LogP contribution in [0.4, 0.5) is 17.1 Å². The molecule has 4 N–H and O–H groups in total. The van der Waals surface area contributed by atoms with E-state index in [1.54, 1.807) is 5.01 Å². The third-order valence-corrected chi connectivity index (χ3v) is 3.23. The Morgan fingerprint density at radius 1 is 1.14 bits per heavy atom. The summed E-state index contributed by atoms with van der Waals surface area (Å²) < 4.78 is 0. The first-order chi connectivity index (χ1) is 10.2. The van der Waals surface area contributed by atoms with Crippen LogP contribution < -0.4 is 16.1 Å². The van der Waals surface area contributed by atoms with Crippen LogP contribution >= 0.6 is 0 Å². The highest BCUT2D eigenvalue weighted by molar-refractivity contribution is 6.02. The fraction of sp³-hybridized carbons (Fsp3) is 0.125. The standard InChI is InChI=1S/C16H19N5/c1-18-13-9-5-4-8-12(13)16(17)20-14-10-6-7-11-15(14)21(3)19-2/h4-11,18H,2H2,1,3H3,(H2,17,20)/p+1. The average molecular weight is 282 g/mol. The minimum atomic E-state index is 0.480. The van der Waals surface area contributed by atoms with Crippen molar-refractivity contribution in [1.29, 1.82) is 0 Å². The molecular formula is C16H20N5+. The van der Waals surface area contributed by atoms with Crippen molar-refractivity contribution < 1.29 is 5.32 Å². The first-order valence-corrected chi connectivity index (χ1v) is 6.69. The lowest BCUT2D eigenvalue weighted by Gasteiger charge is -2.14. The number of nitrogens with two attached hydrogens (primary N) is 2. The van der Waals surface area contributed by atoms with E-state index in [1.165, 1.54) is 0 Å². The highest BCUT2D eigenvalue weighted by Crippen LogP contribution is 2.28. The van der Waals surface area contributed by atoms with Crippen molar-refractivity contribution in [3.8, 4) is 0 Å². The zero-order valence-corrected chi connectivity index (χ0v) is 12.3. The molecule has 0 heterocycles. The molecule has 0 aromatic heterocycles. The van der Waals surface area contributed by atoms with Crippen LogP contribution in [0.2, 0.25) is 0 Å². The molecule has 0 atom stereocenters. The first kappa shape index (κ1) is 14.7. The van der Waals surface area contributed by atoms with Gasteiger partial charge in [0.05, 0.1) is 24.0 Å². The molecule has 0 radical (unpaired) electrons. The number of rotatable bonds is 5. The monoisotopic (exact) mass is 282 g/mol. The molecule has 0 bridgehead atoms. The van der Waals surface area contributed by atoms with Gasteiger partial charge in [0.15, 0.2) is 0 Å². The lowest BCUT2D eigenvalue weighted by Crippen LogP contribution is -2.73. The van der Waals surface area contributed by atoms with Gasteiger partial charge in [0, 0.05) is 13.8 Å². The molecule has 2 aromatic carbocycles. The summed E-state index contributed by atoms with van der Waals surface area (Å²) in [5.41, 5.74) is 9.78. The van der Waals surface area contributed by atoms with Crippen molar-refractivity contribution in [2.45, 2.75) is 0 Å². The SMILES string of the molecule is C=NN(C)c1ccccc1N=C(N)c1ccccc1[NH2+]C. The number of anilines is 1. The number of nitrogens with zero attached hydrogens (tertiary/aromatic N) is 3. The van der Waals surface area contributed by atoms with Gasteiger partial charge in [-0.25, -0.2) is 4.99 Å². The van der Waals surface area contributed by atoms with E-state index in [2.05, 4.69) is 16.8 Å². The lowest BCUT2D eigenvalue weighted by atomic mass is 10.1. The second kappa shape index (κ2) is 6.67. The van der Waals surface area contributed by atoms with E-state index in [0.29, 0.717) is 5.84 Å². The predicted octanol–water partition coefficient (Wildman–Crippen LogP) is 1.60. The summed E-state index contributed by atoms with van der Waals surface area (Å²) in [7, 11) is 3.81. The second-order valence-corrected chi connectivity index (χ2v) is 4.53. The van der Waals surface area contributed by atoms with Gasteiger partial charge in [-0.2, -0.15) is 5.10 Å². The Labute approximate surface area is 124 Å². The number of hydrazone groups is 1. The van der Waals surface area contributed by atoms with E-state index in [0.717, 1.165) is 22.6 Å². The molecule has 0 fully saturated rings. The first-order valence-electron chi connectivity index (χ1n) is 6.69. The van der Waals surface area contributed by atoms with Crippen molar-refractivity contribution in [2.24, 2.45) is 15.8 Å². The number of hydrogen-bond acceptors (Lipinski definition) is 3. The molecular weight excluding hydrogens is 262 g/mol. The van der Waals surface area contributed by atoms with Gasteiger partial charge in [-0.3, -0.25) is 5.01 Å². The molecule has 0 aliphatic rings. The summed E-state index contributed by atoms with van der Waals surface area (Å²) in [6.07, 6.45) is 0. The van der Waals surface area contributed by atoms with Gasteiger partial charge in [0.2, 0.25) is 0 Å². The van der Waals surface area contributed by atoms with Gasteiger partial charge in [-0.15, -0.1) is 0 Å². The van der Waals surface area contributed by atoms with Crippen LogP contribution in [0.5, 0.6) is 0 Å². The third kappa shape index (κ3) is 3.27. The molecule has 5 heteroatoms. The normalized spacial score (nSPS) is 11.2. The highest BCUT2D eigenvalue weighted by Gasteiger charge is 2.10. The van der Waals surface area contributed by atoms with Crippen molar-refractivity contribution in [3.05, 3.63) is 54.1 Å². The van der Waals surface area contributed by atoms with Crippen LogP contribution in [0.1, 0.15) is 5.56 Å². The summed E-state index contributed by atoms with van der Waals surface area (Å²) in [6.45, 7) is 3.53. The van der Waals surface area contributed by atoms with E-state index >= 15 is 0 Å². The Hall–Kier alpha value is -2.66. The maximum atomic E-state index is 6.18. The Morgan fingerprint density at radius 3 is 2.52 bits per heavy atom. The molecule has 0 amide bonds. The maximum Gasteiger partial charge on any atom is 0.140 e. The third-order valence-electron chi connectivity index (χ3n) is 3.23. The molecule has 2 aromatic rings. The topological polar surface area (TPSA) is 70.6 Å². The van der Waals surface area contributed by atoms with E-state index in [1.807, 2.05) is 67.9 Å². The molecule has 21 heavy (non-hydrogen) atoms. The summed E-state index contributed by atoms with van der Waals surface area (Å²) in [5, 5.41) is 7.59. The number of benzene rings is 2. The molecule has 0 saturated carbocycles. The zero-order chi connectivity index (χ0) is 15.2. The van der Waals surface area contributed by atoms with Crippen LogP contribution in [-0.4, -0.2) is 26.6 Å². The van der Waals surface area contributed by atoms with Gasteiger partial charge in [-0.1, -0.05) is 24.3 Å². The van der Waals surface area contributed by atoms with Crippen LogP contribution in [0.15, 0.2) is 58.6 Å². The molecule has 0 saturated heterocycles. The van der Waals surface area contributed by atoms with Crippen LogP contribution in [0.25, 0.3) is 0 Å². The lowest BCUT2D eigenvalue weighted by molar-refractivity contribution is -0.539. The van der Waals surface area contributed by atoms with Gasteiger partial charge >= 0.3 is 0 Å². The summed E-state index contributed by atoms with van der Waals surface area (Å²) >= 11 is 0. The Morgan fingerprint density at radius 2 is 1.81 bits per heavy atom. The van der Waals surface area contributed by atoms with E-state index < -0.39 is 0 Å². The molecule has 5 nitrogen and oxygen atoms in total. The van der Waals surface area contributed by atoms with Crippen LogP contribution in [0.3, 0.4) is 0 Å². The number of quaternary nitrogens is 1. The average Bonchev–Trinajstić information content (AvgIpc) is 2.54. The van der Waals surface area contributed by atoms with Crippen molar-refractivity contribution >= 4 is 29.6 Å². The number of hydrogen-bond donors (Lipinski definition) is 2. The van der Waals surface area contributed by atoms with E-state index in [4.69, 9.17) is 5.73 Å². The van der Waals surface area contributed by atoms with Crippen molar-refractivity contribution in [2.75, 3.05) is 19.1 Å². The molecule has 0 aliphatic heterocycles. The molecule has 2 rings (SSSR count). The Balaban J connectivity index is 2.46. The highest BCUT2D eigenvalue weighted by atomic mass is 15.4. The Kier molecular flexibility index (Phi) is 4.68. The predicted molar refractivity (Wildman–Crippen MR) is 88.7 cm³/mol. The zero-order valence-electron chi connectivity index (χ0n) is 12.3. The van der Waals surface area contributed by atoms with E-state index in [9.17, 15) is 0 Å². The molecule has 0 spiro atoms. The fourth-order valence-corrected chi connectivity index (χ4v) is 2.08. The molecule has 0 aliphatic carbocycles. The van der Waals surface area contributed by atoms with Crippen molar-refractivity contribution in [3.63, 3.8) is 0 Å². The second-order valence-electron chi connectivity index (χ2n) is 4.53. The van der Waals surface area contributed by atoms with Crippen LogP contribution in [0, 0.1) is 0 Å². The molecule has 0 unspecified atom stereocenters. The van der Waals surface area contributed by atoms with Gasteiger partial charge in [0.25, 0.3) is 0 Å². The van der Waals surface area contributed by atoms with E-state index in [-0.39, 0.29) is 0 Å². The quantitative estimate of drug-likeness (QED) is 0.378. The number of para-hydroxylation sites is 3. The number of aliphatic imine (C=N–C) groups is 1. The minimum Gasteiger partial charge on any atom is -0.383 e. The maximum absolute atomic E-state index is 6.18. The summed E-state index contributed by atoms with van der Waals surface area (Å²) in [6, 6.07) is 15.6. The summed E-state index contributed by atoms with van der Waals surface area (Å²) in [5.74, 6) is 0.480. The Bertz CT molecular complexity index is 663. The van der Waals surface area contributed by atoms with Crippen molar-refractivity contribution in [1.82, 2.24) is 0 Å². The van der Waals surface area contributed by atoms with Crippen LogP contribution in [-0.2, 0) is 0 Å². The number of amidine groups is 1. The largest absolute Gasteiger partial charge is 0.383 e. The minimum absolute atomic E-state index is 0.480. The van der Waals surface area contributed by atoms with Gasteiger partial charge in [0.1, 0.15) is 11.5 Å².